The molecular formula is C18H25ClN6. The molecule has 0 saturated heterocycles. The molecule has 0 radical (unpaired) electrons. The molecule has 3 rings (SSSR count). The number of guanidine groups is 1. The molecule has 0 unspecified atom stereocenters. The Bertz CT molecular complexity index is 724. The lowest BCUT2D eigenvalue weighted by Crippen LogP contribution is -2.38. The van der Waals surface area contributed by atoms with E-state index < -0.39 is 0 Å². The minimum absolute atomic E-state index is 0.536. The van der Waals surface area contributed by atoms with Crippen molar-refractivity contribution in [1.82, 2.24) is 25.4 Å². The van der Waals surface area contributed by atoms with Gasteiger partial charge in [0, 0.05) is 31.1 Å². The highest BCUT2D eigenvalue weighted by Crippen LogP contribution is 2.15. The van der Waals surface area contributed by atoms with E-state index in [1.165, 1.54) is 12.8 Å². The summed E-state index contributed by atoms with van der Waals surface area (Å²) in [6.07, 6.45) is 4.27. The number of nitrogens with zero attached hydrogens (tertiary/aromatic N) is 4. The van der Waals surface area contributed by atoms with Crippen LogP contribution < -0.4 is 10.6 Å². The van der Waals surface area contributed by atoms with Gasteiger partial charge in [-0.25, -0.2) is 4.99 Å². The molecule has 6 nitrogen and oxygen atoms in total. The van der Waals surface area contributed by atoms with Gasteiger partial charge in [-0.2, -0.15) is 0 Å². The number of aliphatic imine (C=N–C) groups is 1. The molecule has 1 aliphatic heterocycles. The molecule has 2 heterocycles. The third-order valence-corrected chi connectivity index (χ3v) is 4.67. The number of hydrogen-bond acceptors (Lipinski definition) is 3. The largest absolute Gasteiger partial charge is 0.357 e. The number of halogens is 1. The number of fused-ring (bicyclic) bond motifs is 1. The molecule has 0 fully saturated rings. The van der Waals surface area contributed by atoms with E-state index in [2.05, 4.69) is 43.4 Å². The number of aromatic nitrogens is 3. The SMILES string of the molecule is CCNC(=NCc1nnc2n1CCCC2)NCCc1ccccc1Cl. The third kappa shape index (κ3) is 4.72. The quantitative estimate of drug-likeness (QED) is 0.613. The monoisotopic (exact) mass is 360 g/mol. The number of nitrogens with one attached hydrogen (secondary N) is 2. The van der Waals surface area contributed by atoms with Crippen molar-refractivity contribution in [3.63, 3.8) is 0 Å². The van der Waals surface area contributed by atoms with Gasteiger partial charge in [0.05, 0.1) is 0 Å². The van der Waals surface area contributed by atoms with E-state index >= 15 is 0 Å². The average Bonchev–Trinajstić information content (AvgIpc) is 3.04. The first-order valence-corrected chi connectivity index (χ1v) is 9.32. The number of aryl methyl sites for hydroxylation is 1. The van der Waals surface area contributed by atoms with Crippen molar-refractivity contribution in [2.45, 2.75) is 45.7 Å². The molecule has 2 N–H and O–H groups in total. The first kappa shape index (κ1) is 17.7. The zero-order chi connectivity index (χ0) is 17.5. The summed E-state index contributed by atoms with van der Waals surface area (Å²) < 4.78 is 2.21. The number of hydrogen-bond donors (Lipinski definition) is 2. The van der Waals surface area contributed by atoms with Gasteiger partial charge < -0.3 is 15.2 Å². The van der Waals surface area contributed by atoms with Crippen molar-refractivity contribution in [2.24, 2.45) is 4.99 Å². The van der Waals surface area contributed by atoms with E-state index in [-0.39, 0.29) is 0 Å². The smallest absolute Gasteiger partial charge is 0.191 e. The summed E-state index contributed by atoms with van der Waals surface area (Å²) >= 11 is 6.21. The van der Waals surface area contributed by atoms with Crippen LogP contribution >= 0.6 is 11.6 Å². The van der Waals surface area contributed by atoms with Crippen LogP contribution in [0.2, 0.25) is 5.02 Å². The normalized spacial score (nSPS) is 14.2. The van der Waals surface area contributed by atoms with Crippen LogP contribution in [0.15, 0.2) is 29.3 Å². The molecule has 0 spiro atoms. The summed E-state index contributed by atoms with van der Waals surface area (Å²) in [5.74, 6) is 2.83. The van der Waals surface area contributed by atoms with E-state index in [0.29, 0.717) is 6.54 Å². The lowest BCUT2D eigenvalue weighted by Gasteiger charge is -2.15. The minimum Gasteiger partial charge on any atom is -0.357 e. The Labute approximate surface area is 153 Å². The molecule has 1 aliphatic rings. The van der Waals surface area contributed by atoms with Crippen LogP contribution in [0.1, 0.15) is 37.0 Å². The molecule has 25 heavy (non-hydrogen) atoms. The van der Waals surface area contributed by atoms with E-state index in [1.807, 2.05) is 18.2 Å². The zero-order valence-electron chi connectivity index (χ0n) is 14.6. The van der Waals surface area contributed by atoms with Gasteiger partial charge in [0.1, 0.15) is 12.4 Å². The van der Waals surface area contributed by atoms with E-state index in [9.17, 15) is 0 Å². The van der Waals surface area contributed by atoms with Crippen molar-refractivity contribution in [3.8, 4) is 0 Å². The maximum atomic E-state index is 6.21. The standard InChI is InChI=1S/C18H25ClN6/c1-2-20-18(21-11-10-14-7-3-4-8-15(14)19)22-13-17-24-23-16-9-5-6-12-25(16)17/h3-4,7-8H,2,5-6,9-13H2,1H3,(H2,20,21,22). The summed E-state index contributed by atoms with van der Waals surface area (Å²) in [5.41, 5.74) is 1.14. The van der Waals surface area contributed by atoms with Gasteiger partial charge in [-0.05, 0) is 37.8 Å². The first-order chi connectivity index (χ1) is 12.3. The van der Waals surface area contributed by atoms with Crippen LogP contribution in [0.25, 0.3) is 0 Å². The predicted molar refractivity (Wildman–Crippen MR) is 101 cm³/mol. The summed E-state index contributed by atoms with van der Waals surface area (Å²) in [5, 5.41) is 16.0. The second-order valence-corrected chi connectivity index (χ2v) is 6.51. The molecule has 0 amide bonds. The lowest BCUT2D eigenvalue weighted by atomic mass is 10.1. The molecule has 0 saturated carbocycles. The molecule has 0 atom stereocenters. The van der Waals surface area contributed by atoms with Crippen LogP contribution in [0.4, 0.5) is 0 Å². The highest BCUT2D eigenvalue weighted by Gasteiger charge is 2.15. The Kier molecular flexibility index (Phi) is 6.28. The highest BCUT2D eigenvalue weighted by atomic mass is 35.5. The van der Waals surface area contributed by atoms with E-state index in [4.69, 9.17) is 11.6 Å². The molecular weight excluding hydrogens is 336 g/mol. The van der Waals surface area contributed by atoms with E-state index in [0.717, 1.165) is 60.7 Å². The van der Waals surface area contributed by atoms with Crippen LogP contribution in [0.5, 0.6) is 0 Å². The summed E-state index contributed by atoms with van der Waals surface area (Å²) in [6, 6.07) is 7.93. The van der Waals surface area contributed by atoms with Gasteiger partial charge in [-0.3, -0.25) is 0 Å². The Morgan fingerprint density at radius 3 is 2.96 bits per heavy atom. The average molecular weight is 361 g/mol. The van der Waals surface area contributed by atoms with Crippen LogP contribution in [-0.4, -0.2) is 33.8 Å². The summed E-state index contributed by atoms with van der Waals surface area (Å²) in [6.45, 7) is 5.19. The molecule has 7 heteroatoms. The highest BCUT2D eigenvalue weighted by molar-refractivity contribution is 6.31. The predicted octanol–water partition coefficient (Wildman–Crippen LogP) is 2.57. The third-order valence-electron chi connectivity index (χ3n) is 4.30. The topological polar surface area (TPSA) is 67.1 Å². The van der Waals surface area contributed by atoms with Crippen molar-refractivity contribution in [2.75, 3.05) is 13.1 Å². The fourth-order valence-corrected chi connectivity index (χ4v) is 3.22. The van der Waals surface area contributed by atoms with Crippen LogP contribution in [0.3, 0.4) is 0 Å². The number of benzene rings is 1. The Morgan fingerprint density at radius 1 is 1.24 bits per heavy atom. The zero-order valence-corrected chi connectivity index (χ0v) is 15.4. The second-order valence-electron chi connectivity index (χ2n) is 6.10. The van der Waals surface area contributed by atoms with Gasteiger partial charge in [0.15, 0.2) is 11.8 Å². The Morgan fingerprint density at radius 2 is 2.12 bits per heavy atom. The van der Waals surface area contributed by atoms with Gasteiger partial charge in [0.25, 0.3) is 0 Å². The molecule has 134 valence electrons. The molecule has 2 aromatic rings. The van der Waals surface area contributed by atoms with Crippen molar-refractivity contribution in [1.29, 1.82) is 0 Å². The fourth-order valence-electron chi connectivity index (χ4n) is 2.99. The maximum Gasteiger partial charge on any atom is 0.191 e. The molecule has 0 bridgehead atoms. The summed E-state index contributed by atoms with van der Waals surface area (Å²) in [4.78, 5) is 4.66. The Hall–Kier alpha value is -2.08. The van der Waals surface area contributed by atoms with Crippen LogP contribution in [-0.2, 0) is 25.9 Å². The van der Waals surface area contributed by atoms with Crippen molar-refractivity contribution >= 4 is 17.6 Å². The second kappa shape index (κ2) is 8.85. The van der Waals surface area contributed by atoms with E-state index in [1.54, 1.807) is 0 Å². The van der Waals surface area contributed by atoms with Gasteiger partial charge in [-0.15, -0.1) is 10.2 Å². The maximum absolute atomic E-state index is 6.21. The van der Waals surface area contributed by atoms with Gasteiger partial charge >= 0.3 is 0 Å². The minimum atomic E-state index is 0.536. The Balaban J connectivity index is 1.58. The molecule has 1 aromatic heterocycles. The van der Waals surface area contributed by atoms with Crippen molar-refractivity contribution in [3.05, 3.63) is 46.5 Å². The molecule has 1 aromatic carbocycles. The van der Waals surface area contributed by atoms with Gasteiger partial charge in [-0.1, -0.05) is 29.8 Å². The summed E-state index contributed by atoms with van der Waals surface area (Å²) in [7, 11) is 0. The molecule has 0 aliphatic carbocycles. The van der Waals surface area contributed by atoms with Crippen molar-refractivity contribution < 1.29 is 0 Å². The van der Waals surface area contributed by atoms with Gasteiger partial charge in [0.2, 0.25) is 0 Å². The lowest BCUT2D eigenvalue weighted by molar-refractivity contribution is 0.508. The number of rotatable bonds is 6. The van der Waals surface area contributed by atoms with Crippen LogP contribution in [0, 0.1) is 0 Å². The first-order valence-electron chi connectivity index (χ1n) is 8.94. The fraction of sp³-hybridized carbons (Fsp3) is 0.500.